The number of esters is 1. The van der Waals surface area contributed by atoms with E-state index in [2.05, 4.69) is 6.58 Å². The van der Waals surface area contributed by atoms with Gasteiger partial charge in [-0.3, -0.25) is 0 Å². The van der Waals surface area contributed by atoms with Crippen LogP contribution in [0.4, 0.5) is 0 Å². The largest absolute Gasteiger partial charge is 0.457 e. The molecule has 0 spiro atoms. The van der Waals surface area contributed by atoms with Gasteiger partial charge in [0.25, 0.3) is 0 Å². The SMILES string of the molecule is C=C(CCCN)C(=O)OC(C)(C)C. The minimum absolute atomic E-state index is 0.319. The van der Waals surface area contributed by atoms with Crippen LogP contribution in [0.5, 0.6) is 0 Å². The van der Waals surface area contributed by atoms with E-state index in [0.717, 1.165) is 6.42 Å². The fourth-order valence-corrected chi connectivity index (χ4v) is 0.768. The first-order chi connectivity index (χ1) is 5.87. The van der Waals surface area contributed by atoms with Gasteiger partial charge in [0, 0.05) is 5.57 Å². The van der Waals surface area contributed by atoms with Gasteiger partial charge >= 0.3 is 5.97 Å². The Kier molecular flexibility index (Phi) is 4.70. The number of hydrogen-bond acceptors (Lipinski definition) is 3. The molecule has 3 heteroatoms. The van der Waals surface area contributed by atoms with Crippen LogP contribution in [0.15, 0.2) is 12.2 Å². The van der Waals surface area contributed by atoms with Crippen molar-refractivity contribution in [1.82, 2.24) is 0 Å². The highest BCUT2D eigenvalue weighted by molar-refractivity contribution is 5.87. The van der Waals surface area contributed by atoms with E-state index in [0.29, 0.717) is 18.5 Å². The van der Waals surface area contributed by atoms with E-state index in [1.165, 1.54) is 0 Å². The smallest absolute Gasteiger partial charge is 0.333 e. The molecule has 0 aromatic rings. The Morgan fingerprint density at radius 3 is 2.38 bits per heavy atom. The average Bonchev–Trinajstić information content (AvgIpc) is 1.96. The molecule has 0 saturated heterocycles. The Labute approximate surface area is 79.9 Å². The van der Waals surface area contributed by atoms with E-state index in [-0.39, 0.29) is 5.97 Å². The van der Waals surface area contributed by atoms with Crippen LogP contribution in [0.25, 0.3) is 0 Å². The molecular formula is C10H19NO2. The van der Waals surface area contributed by atoms with Gasteiger partial charge in [-0.25, -0.2) is 4.79 Å². The third-order valence-electron chi connectivity index (χ3n) is 1.37. The van der Waals surface area contributed by atoms with Crippen LogP contribution in [0.3, 0.4) is 0 Å². The highest BCUT2D eigenvalue weighted by Gasteiger charge is 2.17. The van der Waals surface area contributed by atoms with Crippen molar-refractivity contribution in [2.45, 2.75) is 39.2 Å². The molecule has 3 nitrogen and oxygen atoms in total. The Hall–Kier alpha value is -0.830. The van der Waals surface area contributed by atoms with Gasteiger partial charge < -0.3 is 10.5 Å². The molecule has 0 rings (SSSR count). The molecule has 0 heterocycles. The van der Waals surface area contributed by atoms with Gasteiger partial charge in [-0.2, -0.15) is 0 Å². The zero-order chi connectivity index (χ0) is 10.5. The first-order valence-corrected chi connectivity index (χ1v) is 4.48. The minimum atomic E-state index is -0.442. The van der Waals surface area contributed by atoms with Gasteiger partial charge in [-0.15, -0.1) is 0 Å². The number of hydrogen-bond donors (Lipinski definition) is 1. The molecule has 0 aliphatic rings. The molecule has 0 amide bonds. The number of ether oxygens (including phenoxy) is 1. The Bertz CT molecular complexity index is 192. The number of nitrogens with two attached hydrogens (primary N) is 1. The molecule has 0 aliphatic carbocycles. The van der Waals surface area contributed by atoms with Crippen molar-refractivity contribution in [3.8, 4) is 0 Å². The van der Waals surface area contributed by atoms with Crippen molar-refractivity contribution >= 4 is 5.97 Å². The summed E-state index contributed by atoms with van der Waals surface area (Å²) in [4.78, 5) is 11.3. The molecule has 0 aromatic carbocycles. The Balaban J connectivity index is 3.91. The van der Waals surface area contributed by atoms with Crippen LogP contribution in [0.1, 0.15) is 33.6 Å². The van der Waals surface area contributed by atoms with E-state index < -0.39 is 5.60 Å². The van der Waals surface area contributed by atoms with Crippen molar-refractivity contribution in [3.63, 3.8) is 0 Å². The van der Waals surface area contributed by atoms with Crippen molar-refractivity contribution in [3.05, 3.63) is 12.2 Å². The summed E-state index contributed by atoms with van der Waals surface area (Å²) in [5.41, 5.74) is 5.37. The highest BCUT2D eigenvalue weighted by atomic mass is 16.6. The standard InChI is InChI=1S/C10H19NO2/c1-8(6-5-7-11)9(12)13-10(2,3)4/h1,5-7,11H2,2-4H3. The fraction of sp³-hybridized carbons (Fsp3) is 0.700. The summed E-state index contributed by atoms with van der Waals surface area (Å²) in [6, 6.07) is 0. The van der Waals surface area contributed by atoms with Gasteiger partial charge in [0.2, 0.25) is 0 Å². The summed E-state index contributed by atoms with van der Waals surface area (Å²) in [5.74, 6) is -0.319. The molecular weight excluding hydrogens is 166 g/mol. The van der Waals surface area contributed by atoms with E-state index in [1.54, 1.807) is 0 Å². The zero-order valence-corrected chi connectivity index (χ0v) is 8.72. The summed E-state index contributed by atoms with van der Waals surface area (Å²) >= 11 is 0. The van der Waals surface area contributed by atoms with Gasteiger partial charge in [-0.1, -0.05) is 6.58 Å². The van der Waals surface area contributed by atoms with Gasteiger partial charge in [0.1, 0.15) is 5.60 Å². The molecule has 0 aliphatic heterocycles. The topological polar surface area (TPSA) is 52.3 Å². The second-order valence-corrected chi connectivity index (χ2v) is 4.00. The molecule has 0 atom stereocenters. The molecule has 13 heavy (non-hydrogen) atoms. The fourth-order valence-electron chi connectivity index (χ4n) is 0.768. The molecule has 0 bridgehead atoms. The van der Waals surface area contributed by atoms with Crippen LogP contribution in [-0.2, 0) is 9.53 Å². The van der Waals surface area contributed by atoms with E-state index in [1.807, 2.05) is 20.8 Å². The normalized spacial score (nSPS) is 11.1. The third-order valence-corrected chi connectivity index (χ3v) is 1.37. The van der Waals surface area contributed by atoms with E-state index in [4.69, 9.17) is 10.5 Å². The van der Waals surface area contributed by atoms with Crippen LogP contribution >= 0.6 is 0 Å². The predicted octanol–water partition coefficient (Wildman–Crippen LogP) is 1.62. The van der Waals surface area contributed by atoms with Crippen molar-refractivity contribution < 1.29 is 9.53 Å². The van der Waals surface area contributed by atoms with Gasteiger partial charge in [-0.05, 0) is 40.2 Å². The van der Waals surface area contributed by atoms with Crippen molar-refractivity contribution in [1.29, 1.82) is 0 Å². The summed E-state index contributed by atoms with van der Waals surface area (Å²) in [7, 11) is 0. The molecule has 0 radical (unpaired) electrons. The lowest BCUT2D eigenvalue weighted by molar-refractivity contribution is -0.150. The summed E-state index contributed by atoms with van der Waals surface area (Å²) in [6.07, 6.45) is 1.39. The third kappa shape index (κ3) is 6.34. The monoisotopic (exact) mass is 185 g/mol. The second kappa shape index (κ2) is 5.02. The van der Waals surface area contributed by atoms with Gasteiger partial charge in [0.05, 0.1) is 0 Å². The van der Waals surface area contributed by atoms with E-state index >= 15 is 0 Å². The maximum atomic E-state index is 11.3. The predicted molar refractivity (Wildman–Crippen MR) is 53.3 cm³/mol. The second-order valence-electron chi connectivity index (χ2n) is 4.00. The first-order valence-electron chi connectivity index (χ1n) is 4.48. The molecule has 2 N–H and O–H groups in total. The lowest BCUT2D eigenvalue weighted by Gasteiger charge is -2.20. The summed E-state index contributed by atoms with van der Waals surface area (Å²) in [5, 5.41) is 0. The molecule has 0 unspecified atom stereocenters. The minimum Gasteiger partial charge on any atom is -0.457 e. The number of carbonyl (C=O) groups is 1. The summed E-state index contributed by atoms with van der Waals surface area (Å²) < 4.78 is 5.12. The van der Waals surface area contributed by atoms with Crippen LogP contribution in [0.2, 0.25) is 0 Å². The first kappa shape index (κ1) is 12.2. The Morgan fingerprint density at radius 2 is 2.00 bits per heavy atom. The lowest BCUT2D eigenvalue weighted by atomic mass is 10.1. The number of rotatable bonds is 4. The van der Waals surface area contributed by atoms with Gasteiger partial charge in [0.15, 0.2) is 0 Å². The Morgan fingerprint density at radius 1 is 1.46 bits per heavy atom. The zero-order valence-electron chi connectivity index (χ0n) is 8.72. The molecule has 0 aromatic heterocycles. The quantitative estimate of drug-likeness (QED) is 0.535. The highest BCUT2D eigenvalue weighted by Crippen LogP contribution is 2.12. The van der Waals surface area contributed by atoms with E-state index in [9.17, 15) is 4.79 Å². The lowest BCUT2D eigenvalue weighted by Crippen LogP contribution is -2.24. The average molecular weight is 185 g/mol. The van der Waals surface area contributed by atoms with Crippen LogP contribution in [0, 0.1) is 0 Å². The van der Waals surface area contributed by atoms with Crippen LogP contribution < -0.4 is 5.73 Å². The number of carbonyl (C=O) groups excluding carboxylic acids is 1. The molecule has 0 saturated carbocycles. The molecule has 76 valence electrons. The molecule has 0 fully saturated rings. The van der Waals surface area contributed by atoms with Crippen LogP contribution in [-0.4, -0.2) is 18.1 Å². The van der Waals surface area contributed by atoms with Crippen molar-refractivity contribution in [2.75, 3.05) is 6.54 Å². The summed E-state index contributed by atoms with van der Waals surface area (Å²) in [6.45, 7) is 9.72. The maximum Gasteiger partial charge on any atom is 0.333 e. The van der Waals surface area contributed by atoms with Crippen molar-refractivity contribution in [2.24, 2.45) is 5.73 Å². The maximum absolute atomic E-state index is 11.3.